The van der Waals surface area contributed by atoms with Crippen LogP contribution in [0.1, 0.15) is 10.4 Å². The molecular formula is C8H8INO2S. The highest BCUT2D eigenvalue weighted by atomic mass is 127. The van der Waals surface area contributed by atoms with Crippen molar-refractivity contribution in [3.05, 3.63) is 35.9 Å². The lowest BCUT2D eigenvalue weighted by Crippen LogP contribution is -1.96. The van der Waals surface area contributed by atoms with Gasteiger partial charge in [-0.05, 0) is 12.1 Å². The number of benzene rings is 1. The van der Waals surface area contributed by atoms with Gasteiger partial charge in [0.25, 0.3) is 5.91 Å². The van der Waals surface area contributed by atoms with Crippen LogP contribution >= 0.6 is 21.2 Å². The molecule has 0 aliphatic heterocycles. The summed E-state index contributed by atoms with van der Waals surface area (Å²) in [4.78, 5) is 11.3. The maximum absolute atomic E-state index is 11.3. The van der Waals surface area contributed by atoms with Gasteiger partial charge < -0.3 is 0 Å². The number of carbonyl (C=O) groups is 1. The zero-order chi connectivity index (χ0) is 9.90. The third-order valence-corrected chi connectivity index (χ3v) is 2.35. The van der Waals surface area contributed by atoms with E-state index >= 15 is 0 Å². The summed E-state index contributed by atoms with van der Waals surface area (Å²) in [5.74, 6) is -0.428. The van der Waals surface area contributed by atoms with Gasteiger partial charge in [-0.25, -0.2) is 4.21 Å². The molecule has 0 bridgehead atoms. The van der Waals surface area contributed by atoms with E-state index in [1.165, 1.54) is 6.26 Å². The molecule has 3 nitrogen and oxygen atoms in total. The molecule has 1 aromatic carbocycles. The third kappa shape index (κ3) is 3.86. The summed E-state index contributed by atoms with van der Waals surface area (Å²) in [6.45, 7) is -2.38. The summed E-state index contributed by atoms with van der Waals surface area (Å²) in [5.41, 5.74) is 0.466. The molecule has 0 saturated heterocycles. The fraction of sp³-hybridized carbons (Fsp3) is 0.125. The highest BCUT2D eigenvalue weighted by Gasteiger charge is 2.04. The quantitative estimate of drug-likeness (QED) is 0.590. The maximum atomic E-state index is 11.3. The highest BCUT2D eigenvalue weighted by Crippen LogP contribution is 2.07. The van der Waals surface area contributed by atoms with Crippen molar-refractivity contribution >= 4 is 34.0 Å². The second-order valence-corrected chi connectivity index (χ2v) is 8.98. The Morgan fingerprint density at radius 2 is 1.92 bits per heavy atom. The van der Waals surface area contributed by atoms with Crippen molar-refractivity contribution in [2.75, 3.05) is 6.26 Å². The number of rotatable bonds is 1. The number of carbonyl (C=O) groups excluding carboxylic acids is 1. The van der Waals surface area contributed by atoms with Crippen LogP contribution in [-0.2, 0) is 6.90 Å². The molecule has 0 aromatic heterocycles. The lowest BCUT2D eigenvalue weighted by Gasteiger charge is -1.94. The Labute approximate surface area is 89.3 Å². The van der Waals surface area contributed by atoms with E-state index in [-0.39, 0.29) is 0 Å². The van der Waals surface area contributed by atoms with Crippen LogP contribution in [0.3, 0.4) is 0 Å². The fourth-order valence-corrected chi connectivity index (χ4v) is 1.72. The van der Waals surface area contributed by atoms with E-state index < -0.39 is 12.8 Å². The molecule has 0 aliphatic rings. The van der Waals surface area contributed by atoms with Crippen molar-refractivity contribution in [3.8, 4) is 0 Å². The second-order valence-electron chi connectivity index (χ2n) is 2.47. The van der Waals surface area contributed by atoms with Gasteiger partial charge >= 0.3 is 0 Å². The Kier molecular flexibility index (Phi) is 3.43. The van der Waals surface area contributed by atoms with Gasteiger partial charge in [0, 0.05) is 33.0 Å². The summed E-state index contributed by atoms with van der Waals surface area (Å²) in [6, 6.07) is 8.59. The average Bonchev–Trinajstić information content (AvgIpc) is 2.03. The molecule has 5 heteroatoms. The lowest BCUT2D eigenvalue weighted by atomic mass is 10.2. The van der Waals surface area contributed by atoms with Crippen molar-refractivity contribution in [2.45, 2.75) is 0 Å². The largest absolute Gasteiger partial charge is 0.285 e. The lowest BCUT2D eigenvalue weighted by molar-refractivity contribution is 0.100. The minimum Gasteiger partial charge on any atom is -0.266 e. The first-order valence-corrected chi connectivity index (χ1v) is 7.97. The van der Waals surface area contributed by atoms with E-state index in [1.807, 2.05) is 6.07 Å². The van der Waals surface area contributed by atoms with Crippen LogP contribution in [0.15, 0.2) is 34.7 Å². The van der Waals surface area contributed by atoms with Gasteiger partial charge in [-0.3, -0.25) is 4.79 Å². The number of hydrogen-bond acceptors (Lipinski definition) is 2. The molecule has 0 saturated carbocycles. The Morgan fingerprint density at radius 1 is 1.38 bits per heavy atom. The molecule has 1 rings (SSSR count). The van der Waals surface area contributed by atoms with Crippen LogP contribution in [0.2, 0.25) is 0 Å². The Bertz CT molecular complexity index is 413. The molecule has 13 heavy (non-hydrogen) atoms. The molecule has 0 aliphatic carbocycles. The van der Waals surface area contributed by atoms with Gasteiger partial charge in [-0.1, -0.05) is 18.2 Å². The van der Waals surface area contributed by atoms with Crippen molar-refractivity contribution in [3.63, 3.8) is 0 Å². The molecule has 70 valence electrons. The normalized spacial score (nSPS) is 14.6. The Morgan fingerprint density at radius 3 is 2.38 bits per heavy atom. The van der Waals surface area contributed by atoms with Crippen LogP contribution in [-0.4, -0.2) is 16.4 Å². The molecule has 1 unspecified atom stereocenters. The molecule has 0 fully saturated rings. The van der Waals surface area contributed by atoms with Crippen LogP contribution in [0, 0.1) is 0 Å². The number of halogens is 1. The number of hydrogen-bond donors (Lipinski definition) is 0. The topological polar surface area (TPSA) is 46.5 Å². The van der Waals surface area contributed by atoms with Gasteiger partial charge in [0.1, 0.15) is 6.90 Å². The molecule has 0 radical (unpaired) electrons. The van der Waals surface area contributed by atoms with Crippen LogP contribution in [0.25, 0.3) is 0 Å². The van der Waals surface area contributed by atoms with Crippen molar-refractivity contribution in [1.82, 2.24) is 0 Å². The average molecular weight is 309 g/mol. The third-order valence-electron chi connectivity index (χ3n) is 1.27. The predicted octanol–water partition coefficient (Wildman–Crippen LogP) is 2.27. The van der Waals surface area contributed by atoms with E-state index in [4.69, 9.17) is 0 Å². The summed E-state index contributed by atoms with van der Waals surface area (Å²) in [5, 5.41) is 0. The predicted molar refractivity (Wildman–Crippen MR) is 61.3 cm³/mol. The van der Waals surface area contributed by atoms with Crippen molar-refractivity contribution in [1.29, 1.82) is 0 Å². The summed E-state index contributed by atoms with van der Waals surface area (Å²) in [6.07, 6.45) is 1.42. The molecular weight excluding hydrogens is 301 g/mol. The number of nitrogens with zero attached hydrogens (tertiary/aromatic N) is 1. The number of amides is 1. The minimum absolute atomic E-state index is 0.428. The van der Waals surface area contributed by atoms with Gasteiger partial charge in [-0.2, -0.15) is 0 Å². The first kappa shape index (κ1) is 10.6. The van der Waals surface area contributed by atoms with Gasteiger partial charge in [0.2, 0.25) is 0 Å². The molecule has 1 amide bonds. The minimum atomic E-state index is -2.38. The summed E-state index contributed by atoms with van der Waals surface area (Å²) in [7, 11) is 0. The first-order chi connectivity index (χ1) is 5.99. The Hall–Kier alpha value is -0.430. The summed E-state index contributed by atoms with van der Waals surface area (Å²) >= 11 is 1.66. The molecule has 0 spiro atoms. The van der Waals surface area contributed by atoms with Gasteiger partial charge in [0.05, 0.1) is 0 Å². The molecule has 1 atom stereocenters. The fourth-order valence-electron chi connectivity index (χ4n) is 0.782. The van der Waals surface area contributed by atoms with Crippen LogP contribution < -0.4 is 0 Å². The molecule has 1 aromatic rings. The monoisotopic (exact) mass is 309 g/mol. The molecule has 0 N–H and O–H groups in total. The van der Waals surface area contributed by atoms with Crippen LogP contribution in [0.4, 0.5) is 0 Å². The van der Waals surface area contributed by atoms with Crippen molar-refractivity contribution in [2.24, 2.45) is 4.36 Å². The van der Waals surface area contributed by atoms with E-state index in [2.05, 4.69) is 4.36 Å². The SMILES string of the molecule is CS(=O)(I)=NC(=O)c1ccccc1. The zero-order valence-electron chi connectivity index (χ0n) is 6.94. The molecule has 0 heterocycles. The van der Waals surface area contributed by atoms with Gasteiger partial charge in [0.15, 0.2) is 0 Å². The highest BCUT2D eigenvalue weighted by molar-refractivity contribution is 14.2. The van der Waals surface area contributed by atoms with E-state index in [0.29, 0.717) is 5.56 Å². The maximum Gasteiger partial charge on any atom is 0.285 e. The second kappa shape index (κ2) is 4.19. The van der Waals surface area contributed by atoms with Crippen molar-refractivity contribution < 1.29 is 9.00 Å². The van der Waals surface area contributed by atoms with E-state index in [0.717, 1.165) is 0 Å². The van der Waals surface area contributed by atoms with Gasteiger partial charge in [-0.15, -0.1) is 4.36 Å². The smallest absolute Gasteiger partial charge is 0.266 e. The van der Waals surface area contributed by atoms with E-state index in [9.17, 15) is 9.00 Å². The first-order valence-electron chi connectivity index (χ1n) is 3.50. The zero-order valence-corrected chi connectivity index (χ0v) is 9.91. The Balaban J connectivity index is 3.02. The standard InChI is InChI=1S/C8H8INO2S/c1-13(9,12)10-8(11)7-5-3-2-4-6-7/h2-6H,1H3. The van der Waals surface area contributed by atoms with Crippen LogP contribution in [0.5, 0.6) is 0 Å². The van der Waals surface area contributed by atoms with E-state index in [1.54, 1.807) is 45.5 Å². The summed E-state index contributed by atoms with van der Waals surface area (Å²) < 4.78 is 14.7.